The van der Waals surface area contributed by atoms with Crippen LogP contribution in [0.5, 0.6) is 0 Å². The molecule has 5 heteroatoms. The Morgan fingerprint density at radius 2 is 1.90 bits per heavy atom. The summed E-state index contributed by atoms with van der Waals surface area (Å²) in [5.41, 5.74) is 2.07. The zero-order valence-electron chi connectivity index (χ0n) is 10.7. The van der Waals surface area contributed by atoms with Gasteiger partial charge in [0.1, 0.15) is 5.69 Å². The SMILES string of the molecule is Fc1cncc(F)c1NCCc1cccc2[nH]ccc12. The fraction of sp³-hybridized carbons (Fsp3) is 0.133. The van der Waals surface area contributed by atoms with Gasteiger partial charge >= 0.3 is 0 Å². The van der Waals surface area contributed by atoms with Crippen LogP contribution in [0.1, 0.15) is 5.56 Å². The maximum Gasteiger partial charge on any atom is 0.167 e. The first-order chi connectivity index (χ1) is 9.75. The monoisotopic (exact) mass is 273 g/mol. The molecular weight excluding hydrogens is 260 g/mol. The number of H-pyrrole nitrogens is 1. The molecule has 20 heavy (non-hydrogen) atoms. The molecular formula is C15H13F2N3. The van der Waals surface area contributed by atoms with Gasteiger partial charge < -0.3 is 10.3 Å². The van der Waals surface area contributed by atoms with Gasteiger partial charge in [-0.1, -0.05) is 12.1 Å². The van der Waals surface area contributed by atoms with Crippen LogP contribution in [0, 0.1) is 11.6 Å². The largest absolute Gasteiger partial charge is 0.380 e. The van der Waals surface area contributed by atoms with Gasteiger partial charge in [0.15, 0.2) is 11.6 Å². The van der Waals surface area contributed by atoms with Crippen molar-refractivity contribution in [3.05, 3.63) is 60.1 Å². The Labute approximate surface area is 114 Å². The van der Waals surface area contributed by atoms with Gasteiger partial charge in [0, 0.05) is 23.6 Å². The van der Waals surface area contributed by atoms with E-state index >= 15 is 0 Å². The molecule has 0 saturated carbocycles. The van der Waals surface area contributed by atoms with E-state index in [1.165, 1.54) is 0 Å². The van der Waals surface area contributed by atoms with Crippen LogP contribution < -0.4 is 5.32 Å². The predicted octanol–water partition coefficient (Wildman–Crippen LogP) is 3.50. The van der Waals surface area contributed by atoms with E-state index in [-0.39, 0.29) is 5.69 Å². The summed E-state index contributed by atoms with van der Waals surface area (Å²) in [6, 6.07) is 7.96. The topological polar surface area (TPSA) is 40.7 Å². The van der Waals surface area contributed by atoms with Crippen molar-refractivity contribution >= 4 is 16.6 Å². The highest BCUT2D eigenvalue weighted by molar-refractivity contribution is 5.82. The van der Waals surface area contributed by atoms with Crippen LogP contribution in [0.25, 0.3) is 10.9 Å². The van der Waals surface area contributed by atoms with E-state index < -0.39 is 11.6 Å². The van der Waals surface area contributed by atoms with Gasteiger partial charge in [-0.15, -0.1) is 0 Å². The second-order valence-corrected chi connectivity index (χ2v) is 4.51. The molecule has 0 bridgehead atoms. The van der Waals surface area contributed by atoms with E-state index in [0.29, 0.717) is 13.0 Å². The van der Waals surface area contributed by atoms with Crippen molar-refractivity contribution in [3.8, 4) is 0 Å². The maximum atomic E-state index is 13.4. The summed E-state index contributed by atoms with van der Waals surface area (Å²) in [5, 5.41) is 3.92. The number of pyridine rings is 1. The summed E-state index contributed by atoms with van der Waals surface area (Å²) in [6.07, 6.45) is 4.55. The van der Waals surface area contributed by atoms with E-state index in [9.17, 15) is 8.78 Å². The van der Waals surface area contributed by atoms with E-state index in [1.807, 2.05) is 30.5 Å². The zero-order valence-corrected chi connectivity index (χ0v) is 10.7. The number of fused-ring (bicyclic) bond motifs is 1. The Morgan fingerprint density at radius 3 is 2.70 bits per heavy atom. The smallest absolute Gasteiger partial charge is 0.167 e. The lowest BCUT2D eigenvalue weighted by Crippen LogP contribution is -2.08. The first-order valence-corrected chi connectivity index (χ1v) is 6.33. The van der Waals surface area contributed by atoms with E-state index in [1.54, 1.807) is 0 Å². The molecule has 2 aromatic heterocycles. The van der Waals surface area contributed by atoms with Crippen molar-refractivity contribution in [3.63, 3.8) is 0 Å². The summed E-state index contributed by atoms with van der Waals surface area (Å²) in [5.74, 6) is -1.35. The number of anilines is 1. The number of hydrogen-bond acceptors (Lipinski definition) is 2. The molecule has 2 N–H and O–H groups in total. The third kappa shape index (κ3) is 2.34. The first kappa shape index (κ1) is 12.6. The van der Waals surface area contributed by atoms with Gasteiger partial charge in [-0.05, 0) is 24.1 Å². The third-order valence-corrected chi connectivity index (χ3v) is 3.23. The Kier molecular flexibility index (Phi) is 3.33. The predicted molar refractivity (Wildman–Crippen MR) is 74.6 cm³/mol. The highest BCUT2D eigenvalue weighted by Gasteiger charge is 2.08. The summed E-state index contributed by atoms with van der Waals surface area (Å²) < 4.78 is 26.8. The fourth-order valence-corrected chi connectivity index (χ4v) is 2.27. The Balaban J connectivity index is 1.73. The van der Waals surface area contributed by atoms with Crippen molar-refractivity contribution in [2.24, 2.45) is 0 Å². The van der Waals surface area contributed by atoms with Gasteiger partial charge in [0.2, 0.25) is 0 Å². The number of rotatable bonds is 4. The molecule has 3 aromatic rings. The second-order valence-electron chi connectivity index (χ2n) is 4.51. The molecule has 1 aromatic carbocycles. The van der Waals surface area contributed by atoms with E-state index in [4.69, 9.17) is 0 Å². The molecule has 0 radical (unpaired) electrons. The standard InChI is InChI=1S/C15H13F2N3/c16-12-8-18-9-13(17)15(12)20-6-4-10-2-1-3-14-11(10)5-7-19-14/h1-3,5,7-9,19H,4,6H2,(H,18,20). The lowest BCUT2D eigenvalue weighted by Gasteiger charge is -2.09. The molecule has 0 atom stereocenters. The Hall–Kier alpha value is -2.43. The maximum absolute atomic E-state index is 13.4. The van der Waals surface area contributed by atoms with Gasteiger partial charge in [-0.25, -0.2) is 8.78 Å². The molecule has 0 aliphatic heterocycles. The number of benzene rings is 1. The minimum Gasteiger partial charge on any atom is -0.380 e. The van der Waals surface area contributed by atoms with Gasteiger partial charge in [-0.2, -0.15) is 0 Å². The van der Waals surface area contributed by atoms with Crippen LogP contribution in [0.3, 0.4) is 0 Å². The molecule has 0 amide bonds. The molecule has 3 nitrogen and oxygen atoms in total. The number of halogens is 2. The average Bonchev–Trinajstić information content (AvgIpc) is 2.91. The highest BCUT2D eigenvalue weighted by atomic mass is 19.1. The van der Waals surface area contributed by atoms with E-state index in [0.717, 1.165) is 28.9 Å². The lowest BCUT2D eigenvalue weighted by molar-refractivity contribution is 0.578. The quantitative estimate of drug-likeness (QED) is 0.764. The van der Waals surface area contributed by atoms with Crippen LogP contribution >= 0.6 is 0 Å². The van der Waals surface area contributed by atoms with Crippen molar-refractivity contribution in [1.82, 2.24) is 9.97 Å². The summed E-state index contributed by atoms with van der Waals surface area (Å²) in [7, 11) is 0. The number of aromatic nitrogens is 2. The number of aromatic amines is 1. The summed E-state index contributed by atoms with van der Waals surface area (Å²) in [6.45, 7) is 0.447. The summed E-state index contributed by atoms with van der Waals surface area (Å²) >= 11 is 0. The Morgan fingerprint density at radius 1 is 1.10 bits per heavy atom. The summed E-state index contributed by atoms with van der Waals surface area (Å²) in [4.78, 5) is 6.59. The van der Waals surface area contributed by atoms with Gasteiger partial charge in [-0.3, -0.25) is 4.98 Å². The van der Waals surface area contributed by atoms with Crippen molar-refractivity contribution in [2.45, 2.75) is 6.42 Å². The second kappa shape index (κ2) is 5.28. The molecule has 3 rings (SSSR count). The zero-order chi connectivity index (χ0) is 13.9. The highest BCUT2D eigenvalue weighted by Crippen LogP contribution is 2.19. The van der Waals surface area contributed by atoms with Crippen LogP contribution in [0.2, 0.25) is 0 Å². The third-order valence-electron chi connectivity index (χ3n) is 3.23. The molecule has 2 heterocycles. The van der Waals surface area contributed by atoms with Gasteiger partial charge in [0.25, 0.3) is 0 Å². The molecule has 0 unspecified atom stereocenters. The van der Waals surface area contributed by atoms with Crippen LogP contribution in [-0.4, -0.2) is 16.5 Å². The average molecular weight is 273 g/mol. The molecule has 102 valence electrons. The molecule has 0 fully saturated rings. The Bertz CT molecular complexity index is 717. The molecule has 0 spiro atoms. The normalized spacial score (nSPS) is 10.9. The lowest BCUT2D eigenvalue weighted by atomic mass is 10.1. The minimum atomic E-state index is -0.676. The number of nitrogens with one attached hydrogen (secondary N) is 2. The van der Waals surface area contributed by atoms with Crippen LogP contribution in [0.15, 0.2) is 42.9 Å². The number of nitrogens with zero attached hydrogens (tertiary/aromatic N) is 1. The van der Waals surface area contributed by atoms with Crippen molar-refractivity contribution < 1.29 is 8.78 Å². The van der Waals surface area contributed by atoms with Crippen LogP contribution in [0.4, 0.5) is 14.5 Å². The molecule has 0 aliphatic carbocycles. The molecule has 0 aliphatic rings. The minimum absolute atomic E-state index is 0.124. The van der Waals surface area contributed by atoms with Crippen LogP contribution in [-0.2, 0) is 6.42 Å². The first-order valence-electron chi connectivity index (χ1n) is 6.33. The van der Waals surface area contributed by atoms with E-state index in [2.05, 4.69) is 15.3 Å². The van der Waals surface area contributed by atoms with Gasteiger partial charge in [0.05, 0.1) is 12.4 Å². The van der Waals surface area contributed by atoms with Crippen molar-refractivity contribution in [2.75, 3.05) is 11.9 Å². The fourth-order valence-electron chi connectivity index (χ4n) is 2.27. The molecule has 0 saturated heterocycles. The van der Waals surface area contributed by atoms with Crippen molar-refractivity contribution in [1.29, 1.82) is 0 Å². The number of hydrogen-bond donors (Lipinski definition) is 2.